The third-order valence-corrected chi connectivity index (χ3v) is 10.7. The zero-order valence-electron chi connectivity index (χ0n) is 15.1. The van der Waals surface area contributed by atoms with Crippen molar-refractivity contribution in [2.24, 2.45) is 5.41 Å². The minimum atomic E-state index is -1.72. The fourth-order valence-corrected chi connectivity index (χ4v) is 4.85. The van der Waals surface area contributed by atoms with E-state index in [0.29, 0.717) is 0 Å². The molecular weight excluding hydrogens is 300 g/mol. The molecule has 0 heterocycles. The quantitative estimate of drug-likeness (QED) is 0.787. The molecule has 1 aromatic carbocycles. The summed E-state index contributed by atoms with van der Waals surface area (Å²) in [6.07, 6.45) is 4.90. The van der Waals surface area contributed by atoms with Gasteiger partial charge >= 0.3 is 0 Å². The van der Waals surface area contributed by atoms with Gasteiger partial charge in [0.15, 0.2) is 8.32 Å². The fourth-order valence-electron chi connectivity index (χ4n) is 3.75. The number of fused-ring (bicyclic) bond motifs is 1. The van der Waals surface area contributed by atoms with Gasteiger partial charge in [0.1, 0.15) is 0 Å². The maximum Gasteiger partial charge on any atom is 0.192 e. The van der Waals surface area contributed by atoms with Gasteiger partial charge in [-0.1, -0.05) is 57.2 Å². The molecule has 23 heavy (non-hydrogen) atoms. The van der Waals surface area contributed by atoms with E-state index in [0.717, 1.165) is 25.9 Å². The number of hydrogen-bond donors (Lipinski definition) is 1. The number of aliphatic hydroxyl groups is 1. The molecule has 1 aromatic rings. The summed E-state index contributed by atoms with van der Waals surface area (Å²) < 4.78 is 6.46. The maximum absolute atomic E-state index is 10.8. The van der Waals surface area contributed by atoms with Crippen molar-refractivity contribution in [1.82, 2.24) is 0 Å². The molecule has 3 aliphatic rings. The molecule has 0 spiro atoms. The second kappa shape index (κ2) is 5.30. The van der Waals surface area contributed by atoms with Crippen molar-refractivity contribution in [3.63, 3.8) is 0 Å². The zero-order chi connectivity index (χ0) is 16.9. The molecule has 4 rings (SSSR count). The largest absolute Gasteiger partial charge is 0.416 e. The number of benzene rings is 1. The smallest absolute Gasteiger partial charge is 0.192 e. The highest BCUT2D eigenvalue weighted by Gasteiger charge is 2.63. The summed E-state index contributed by atoms with van der Waals surface area (Å²) in [5, 5.41) is 11.1. The van der Waals surface area contributed by atoms with E-state index in [1.807, 2.05) is 18.2 Å². The van der Waals surface area contributed by atoms with Crippen LogP contribution in [0.25, 0.3) is 6.08 Å². The van der Waals surface area contributed by atoms with Crippen molar-refractivity contribution in [1.29, 1.82) is 0 Å². The Labute approximate surface area is 141 Å². The molecule has 0 amide bonds. The van der Waals surface area contributed by atoms with Gasteiger partial charge in [-0.15, -0.1) is 0 Å². The third-order valence-electron chi connectivity index (χ3n) is 6.18. The Hall–Kier alpha value is -0.903. The molecule has 3 fully saturated rings. The highest BCUT2D eigenvalue weighted by atomic mass is 28.4. The summed E-state index contributed by atoms with van der Waals surface area (Å²) in [4.78, 5) is 0. The summed E-state index contributed by atoms with van der Waals surface area (Å²) in [6, 6.07) is 10.3. The standard InChI is InChI=1S/C20H30O2Si/c1-18(2,3)23(4,5)22-15-19-12-17(20(21,13-19)14-19)11-16-9-7-6-8-10-16/h6-11,21H,12-15H2,1-5H3/b17-11+. The molecule has 1 N–H and O–H groups in total. The van der Waals surface area contributed by atoms with E-state index >= 15 is 0 Å². The monoisotopic (exact) mass is 330 g/mol. The molecule has 126 valence electrons. The van der Waals surface area contributed by atoms with Gasteiger partial charge in [0.2, 0.25) is 0 Å². The third kappa shape index (κ3) is 3.07. The second-order valence-corrected chi connectivity index (χ2v) is 14.0. The maximum atomic E-state index is 10.8. The molecule has 0 radical (unpaired) electrons. The van der Waals surface area contributed by atoms with Gasteiger partial charge in [0, 0.05) is 12.0 Å². The van der Waals surface area contributed by atoms with Crippen molar-refractivity contribution in [2.45, 2.75) is 63.8 Å². The van der Waals surface area contributed by atoms with Gasteiger partial charge in [0.05, 0.1) is 5.60 Å². The van der Waals surface area contributed by atoms with Crippen molar-refractivity contribution < 1.29 is 9.53 Å². The van der Waals surface area contributed by atoms with Gasteiger partial charge in [-0.05, 0) is 48.5 Å². The second-order valence-electron chi connectivity index (χ2n) is 9.19. The number of rotatable bonds is 4. The Bertz CT molecular complexity index is 604. The van der Waals surface area contributed by atoms with Crippen LogP contribution >= 0.6 is 0 Å². The van der Waals surface area contributed by atoms with E-state index in [4.69, 9.17) is 4.43 Å². The van der Waals surface area contributed by atoms with Crippen LogP contribution in [-0.4, -0.2) is 25.6 Å². The molecule has 0 aliphatic heterocycles. The molecule has 3 heteroatoms. The summed E-state index contributed by atoms with van der Waals surface area (Å²) >= 11 is 0. The fraction of sp³-hybridized carbons (Fsp3) is 0.600. The molecule has 0 aromatic heterocycles. The van der Waals surface area contributed by atoms with Crippen LogP contribution in [0.5, 0.6) is 0 Å². The Morgan fingerprint density at radius 1 is 1.17 bits per heavy atom. The first-order chi connectivity index (χ1) is 10.6. The molecule has 0 saturated heterocycles. The van der Waals surface area contributed by atoms with Crippen molar-refractivity contribution >= 4 is 14.4 Å². The lowest BCUT2D eigenvalue weighted by molar-refractivity contribution is -0.0711. The lowest BCUT2D eigenvalue weighted by Gasteiger charge is -2.46. The van der Waals surface area contributed by atoms with Gasteiger partial charge in [0.25, 0.3) is 0 Å². The van der Waals surface area contributed by atoms with Crippen molar-refractivity contribution in [3.8, 4) is 0 Å². The predicted octanol–water partition coefficient (Wildman–Crippen LogP) is 5.01. The SMILES string of the molecule is CC(C)(C)[Si](C)(C)OCC12C/C(=C\c3ccccc3)C(O)(C1)C2. The van der Waals surface area contributed by atoms with Crippen LogP contribution in [0.3, 0.4) is 0 Å². The van der Waals surface area contributed by atoms with Gasteiger partial charge in [-0.2, -0.15) is 0 Å². The van der Waals surface area contributed by atoms with Crippen LogP contribution in [0, 0.1) is 5.41 Å². The summed E-state index contributed by atoms with van der Waals surface area (Å²) in [5.41, 5.74) is 1.98. The van der Waals surface area contributed by atoms with Gasteiger partial charge < -0.3 is 9.53 Å². The average molecular weight is 331 g/mol. The van der Waals surface area contributed by atoms with Crippen LogP contribution < -0.4 is 0 Å². The van der Waals surface area contributed by atoms with Crippen molar-refractivity contribution in [3.05, 3.63) is 41.5 Å². The van der Waals surface area contributed by atoms with E-state index in [-0.39, 0.29) is 10.5 Å². The van der Waals surface area contributed by atoms with Crippen molar-refractivity contribution in [2.75, 3.05) is 6.61 Å². The molecule has 2 nitrogen and oxygen atoms in total. The van der Waals surface area contributed by atoms with Crippen LogP contribution in [0.4, 0.5) is 0 Å². The highest BCUT2D eigenvalue weighted by Crippen LogP contribution is 2.64. The first-order valence-corrected chi connectivity index (χ1v) is 11.6. The zero-order valence-corrected chi connectivity index (χ0v) is 16.1. The Morgan fingerprint density at radius 3 is 2.35 bits per heavy atom. The van der Waals surface area contributed by atoms with Gasteiger partial charge in [-0.3, -0.25) is 0 Å². The first-order valence-electron chi connectivity index (χ1n) is 8.68. The predicted molar refractivity (Wildman–Crippen MR) is 98.8 cm³/mol. The Balaban J connectivity index is 1.70. The van der Waals surface area contributed by atoms with Crippen LogP contribution in [-0.2, 0) is 4.43 Å². The Kier molecular flexibility index (Phi) is 3.90. The van der Waals surface area contributed by atoms with E-state index in [1.165, 1.54) is 11.1 Å². The summed E-state index contributed by atoms with van der Waals surface area (Å²) in [5.74, 6) is 0. The molecule has 3 aliphatic carbocycles. The lowest BCUT2D eigenvalue weighted by Crippen LogP contribution is -2.49. The van der Waals surface area contributed by atoms with Crippen LogP contribution in [0.1, 0.15) is 45.6 Å². The average Bonchev–Trinajstić information content (AvgIpc) is 2.84. The van der Waals surface area contributed by atoms with Gasteiger partial charge in [-0.25, -0.2) is 0 Å². The Morgan fingerprint density at radius 2 is 1.78 bits per heavy atom. The van der Waals surface area contributed by atoms with Crippen LogP contribution in [0.2, 0.25) is 18.1 Å². The summed E-state index contributed by atoms with van der Waals surface area (Å²) in [7, 11) is -1.72. The van der Waals surface area contributed by atoms with E-state index in [2.05, 4.69) is 52.1 Å². The minimum Gasteiger partial charge on any atom is -0.416 e. The molecule has 2 bridgehead atoms. The van der Waals surface area contributed by atoms with E-state index in [9.17, 15) is 5.11 Å². The molecule has 0 unspecified atom stereocenters. The minimum absolute atomic E-state index is 0.172. The van der Waals surface area contributed by atoms with E-state index in [1.54, 1.807) is 0 Å². The normalized spacial score (nSPS) is 32.2. The number of hydrogen-bond acceptors (Lipinski definition) is 2. The molecule has 0 atom stereocenters. The molecule has 3 saturated carbocycles. The van der Waals surface area contributed by atoms with E-state index < -0.39 is 13.9 Å². The topological polar surface area (TPSA) is 29.5 Å². The molecular formula is C20H30O2Si. The highest BCUT2D eigenvalue weighted by molar-refractivity contribution is 6.74. The lowest BCUT2D eigenvalue weighted by atomic mass is 9.67. The first kappa shape index (κ1) is 16.9. The van der Waals surface area contributed by atoms with Crippen LogP contribution in [0.15, 0.2) is 35.9 Å². The summed E-state index contributed by atoms with van der Waals surface area (Å²) in [6.45, 7) is 12.3.